The van der Waals surface area contributed by atoms with Crippen molar-refractivity contribution in [1.29, 1.82) is 0 Å². The van der Waals surface area contributed by atoms with Crippen LogP contribution in [-0.4, -0.2) is 27.7 Å². The van der Waals surface area contributed by atoms with Crippen molar-refractivity contribution in [1.82, 2.24) is 14.8 Å². The Hall–Kier alpha value is -3.41. The van der Waals surface area contributed by atoms with E-state index in [2.05, 4.69) is 10.2 Å². The molecule has 0 unspecified atom stereocenters. The number of amides is 1. The van der Waals surface area contributed by atoms with Crippen LogP contribution >= 0.6 is 0 Å². The predicted octanol–water partition coefficient (Wildman–Crippen LogP) is 3.92. The highest BCUT2D eigenvalue weighted by atomic mass is 16.4. The first-order valence-electron chi connectivity index (χ1n) is 8.90. The summed E-state index contributed by atoms with van der Waals surface area (Å²) in [4.78, 5) is 14.6. The van der Waals surface area contributed by atoms with E-state index in [9.17, 15) is 4.79 Å². The molecule has 0 saturated heterocycles. The smallest absolute Gasteiger partial charge is 0.264 e. The van der Waals surface area contributed by atoms with Crippen molar-refractivity contribution in [2.24, 2.45) is 0 Å². The third-order valence-corrected chi connectivity index (χ3v) is 4.61. The number of para-hydroxylation sites is 2. The molecule has 0 N–H and O–H groups in total. The average molecular weight is 360 g/mol. The molecule has 0 radical (unpaired) electrons. The molecule has 2 aromatic carbocycles. The second kappa shape index (κ2) is 7.07. The van der Waals surface area contributed by atoms with Crippen molar-refractivity contribution >= 4 is 22.5 Å². The molecule has 27 heavy (non-hydrogen) atoms. The molecule has 0 fully saturated rings. The number of carbonyl (C=O) groups excluding carboxylic acids is 1. The van der Waals surface area contributed by atoms with Gasteiger partial charge in [-0.2, -0.15) is 0 Å². The summed E-state index contributed by atoms with van der Waals surface area (Å²) in [6, 6.07) is 19.5. The molecule has 0 atom stereocenters. The van der Waals surface area contributed by atoms with E-state index in [4.69, 9.17) is 4.42 Å². The van der Waals surface area contributed by atoms with Crippen molar-refractivity contribution in [3.63, 3.8) is 0 Å². The Balaban J connectivity index is 1.73. The first kappa shape index (κ1) is 17.0. The Morgan fingerprint density at radius 2 is 1.81 bits per heavy atom. The molecule has 6 heteroatoms. The number of aromatic nitrogens is 3. The SMILES string of the molecule is CCc1nnc(-c2cc3ccccc3n2CC(=O)N(C)c2ccccc2)o1. The molecule has 0 aliphatic rings. The number of hydrogen-bond acceptors (Lipinski definition) is 4. The van der Waals surface area contributed by atoms with E-state index < -0.39 is 0 Å². The van der Waals surface area contributed by atoms with Crippen LogP contribution in [-0.2, 0) is 17.8 Å². The zero-order valence-electron chi connectivity index (χ0n) is 15.3. The van der Waals surface area contributed by atoms with Gasteiger partial charge in [-0.05, 0) is 24.3 Å². The second-order valence-corrected chi connectivity index (χ2v) is 6.32. The molecule has 2 aromatic heterocycles. The minimum atomic E-state index is -0.0287. The topological polar surface area (TPSA) is 64.2 Å². The number of hydrogen-bond donors (Lipinski definition) is 0. The largest absolute Gasteiger partial charge is 0.419 e. The maximum absolute atomic E-state index is 12.9. The van der Waals surface area contributed by atoms with Crippen LogP contribution in [0.25, 0.3) is 22.5 Å². The maximum atomic E-state index is 12.9. The van der Waals surface area contributed by atoms with Crippen molar-refractivity contribution in [2.75, 3.05) is 11.9 Å². The van der Waals surface area contributed by atoms with Gasteiger partial charge in [0.05, 0.1) is 0 Å². The van der Waals surface area contributed by atoms with Gasteiger partial charge in [0.25, 0.3) is 5.89 Å². The lowest BCUT2D eigenvalue weighted by molar-refractivity contribution is -0.118. The van der Waals surface area contributed by atoms with Crippen molar-refractivity contribution in [2.45, 2.75) is 19.9 Å². The number of rotatable bonds is 5. The fourth-order valence-corrected chi connectivity index (χ4v) is 3.09. The average Bonchev–Trinajstić information content (AvgIpc) is 3.33. The first-order chi connectivity index (χ1) is 13.2. The summed E-state index contributed by atoms with van der Waals surface area (Å²) in [6.07, 6.45) is 0.670. The lowest BCUT2D eigenvalue weighted by Crippen LogP contribution is -2.30. The fourth-order valence-electron chi connectivity index (χ4n) is 3.09. The quantitative estimate of drug-likeness (QED) is 0.541. The summed E-state index contributed by atoms with van der Waals surface area (Å²) < 4.78 is 7.68. The summed E-state index contributed by atoms with van der Waals surface area (Å²) in [5.41, 5.74) is 2.56. The van der Waals surface area contributed by atoms with Crippen LogP contribution in [0.15, 0.2) is 65.1 Å². The van der Waals surface area contributed by atoms with Crippen molar-refractivity contribution in [3.05, 3.63) is 66.6 Å². The summed E-state index contributed by atoms with van der Waals surface area (Å²) in [5.74, 6) is 0.979. The number of benzene rings is 2. The van der Waals surface area contributed by atoms with Gasteiger partial charge in [-0.25, -0.2) is 0 Å². The molecule has 136 valence electrons. The molecular formula is C21H20N4O2. The number of likely N-dealkylation sites (N-methyl/N-ethyl adjacent to an activating group) is 1. The molecule has 4 aromatic rings. The Morgan fingerprint density at radius 1 is 1.07 bits per heavy atom. The molecule has 0 aliphatic carbocycles. The van der Waals surface area contributed by atoms with Gasteiger partial charge in [-0.1, -0.05) is 43.3 Å². The summed E-state index contributed by atoms with van der Waals surface area (Å²) in [6.45, 7) is 2.14. The van der Waals surface area contributed by atoms with Crippen molar-refractivity contribution in [3.8, 4) is 11.6 Å². The Labute approximate surface area is 157 Å². The van der Waals surface area contributed by atoms with Crippen LogP contribution in [0, 0.1) is 0 Å². The van der Waals surface area contributed by atoms with E-state index in [1.807, 2.05) is 72.2 Å². The molecule has 1 amide bonds. The Bertz CT molecular complexity index is 1080. The monoisotopic (exact) mass is 360 g/mol. The van der Waals surface area contributed by atoms with Gasteiger partial charge >= 0.3 is 0 Å². The van der Waals surface area contributed by atoms with E-state index in [0.29, 0.717) is 18.2 Å². The number of fused-ring (bicyclic) bond motifs is 1. The predicted molar refractivity (Wildman–Crippen MR) is 104 cm³/mol. The minimum Gasteiger partial charge on any atom is -0.419 e. The number of aryl methyl sites for hydroxylation is 1. The van der Waals surface area contributed by atoms with Gasteiger partial charge in [-0.3, -0.25) is 4.79 Å². The van der Waals surface area contributed by atoms with Gasteiger partial charge in [0, 0.05) is 30.1 Å². The summed E-state index contributed by atoms with van der Waals surface area (Å²) >= 11 is 0. The van der Waals surface area contributed by atoms with Gasteiger partial charge in [0.1, 0.15) is 12.2 Å². The van der Waals surface area contributed by atoms with Crippen molar-refractivity contribution < 1.29 is 9.21 Å². The van der Waals surface area contributed by atoms with E-state index >= 15 is 0 Å². The third kappa shape index (κ3) is 3.21. The molecule has 0 spiro atoms. The molecule has 0 bridgehead atoms. The van der Waals surface area contributed by atoms with Gasteiger partial charge in [-0.15, -0.1) is 10.2 Å². The third-order valence-electron chi connectivity index (χ3n) is 4.61. The highest BCUT2D eigenvalue weighted by Gasteiger charge is 2.20. The van der Waals surface area contributed by atoms with Crippen LogP contribution in [0.5, 0.6) is 0 Å². The highest BCUT2D eigenvalue weighted by molar-refractivity contribution is 5.95. The van der Waals surface area contributed by atoms with Gasteiger partial charge in [0.15, 0.2) is 0 Å². The zero-order chi connectivity index (χ0) is 18.8. The van der Waals surface area contributed by atoms with Crippen LogP contribution in [0.4, 0.5) is 5.69 Å². The van der Waals surface area contributed by atoms with Crippen LogP contribution in [0.3, 0.4) is 0 Å². The number of carbonyl (C=O) groups is 1. The van der Waals surface area contributed by atoms with Crippen LogP contribution in [0.1, 0.15) is 12.8 Å². The molecule has 0 aliphatic heterocycles. The molecule has 6 nitrogen and oxygen atoms in total. The number of anilines is 1. The van der Waals surface area contributed by atoms with Gasteiger partial charge in [0.2, 0.25) is 11.8 Å². The Morgan fingerprint density at radius 3 is 2.56 bits per heavy atom. The Kier molecular flexibility index (Phi) is 4.46. The lowest BCUT2D eigenvalue weighted by Gasteiger charge is -2.18. The molecule has 2 heterocycles. The summed E-state index contributed by atoms with van der Waals surface area (Å²) in [7, 11) is 1.78. The molecular weight excluding hydrogens is 340 g/mol. The normalized spacial score (nSPS) is 11.0. The summed E-state index contributed by atoms with van der Waals surface area (Å²) in [5, 5.41) is 9.25. The van der Waals surface area contributed by atoms with E-state index in [0.717, 1.165) is 22.3 Å². The van der Waals surface area contributed by atoms with Gasteiger partial charge < -0.3 is 13.9 Å². The standard InChI is InChI=1S/C21H20N4O2/c1-3-19-22-23-21(27-19)18-13-15-9-7-8-12-17(15)25(18)14-20(26)24(2)16-10-5-4-6-11-16/h4-13H,3,14H2,1-2H3. The maximum Gasteiger partial charge on any atom is 0.264 e. The zero-order valence-corrected chi connectivity index (χ0v) is 15.3. The van der Waals surface area contributed by atoms with E-state index in [1.165, 1.54) is 0 Å². The lowest BCUT2D eigenvalue weighted by atomic mass is 10.2. The minimum absolute atomic E-state index is 0.0287. The van der Waals surface area contributed by atoms with Crippen LogP contribution in [0.2, 0.25) is 0 Å². The first-order valence-corrected chi connectivity index (χ1v) is 8.90. The second-order valence-electron chi connectivity index (χ2n) is 6.32. The number of nitrogens with zero attached hydrogens (tertiary/aromatic N) is 4. The molecule has 0 saturated carbocycles. The van der Waals surface area contributed by atoms with E-state index in [-0.39, 0.29) is 12.5 Å². The molecule has 4 rings (SSSR count). The van der Waals surface area contributed by atoms with E-state index in [1.54, 1.807) is 11.9 Å². The highest BCUT2D eigenvalue weighted by Crippen LogP contribution is 2.28. The fraction of sp³-hybridized carbons (Fsp3) is 0.190. The van der Waals surface area contributed by atoms with Crippen LogP contribution < -0.4 is 4.90 Å².